The number of amides is 1. The molecule has 0 atom stereocenters. The van der Waals surface area contributed by atoms with Gasteiger partial charge in [0.25, 0.3) is 0 Å². The second kappa shape index (κ2) is 11.4. The number of phenols is 1. The molecule has 2 aromatic carbocycles. The Morgan fingerprint density at radius 2 is 1.75 bits per heavy atom. The van der Waals surface area contributed by atoms with Crippen molar-refractivity contribution in [2.75, 3.05) is 13.1 Å². The summed E-state index contributed by atoms with van der Waals surface area (Å²) in [5.41, 5.74) is 2.54. The molecule has 122 valence electrons. The second-order valence-corrected chi connectivity index (χ2v) is 4.92. The average Bonchev–Trinajstić information content (AvgIpc) is 2.50. The van der Waals surface area contributed by atoms with E-state index in [1.807, 2.05) is 39.0 Å². The normalized spacial score (nSPS) is 9.46. The van der Waals surface area contributed by atoms with E-state index in [4.69, 9.17) is 4.74 Å². The van der Waals surface area contributed by atoms with Crippen LogP contribution < -0.4 is 4.74 Å². The van der Waals surface area contributed by atoms with Gasteiger partial charge in [-0.1, -0.05) is 17.7 Å². The Morgan fingerprint density at radius 3 is 2.29 bits per heavy atom. The summed E-state index contributed by atoms with van der Waals surface area (Å²) in [4.78, 5) is 13.8. The molecule has 0 aliphatic heterocycles. The standard InChI is InChI=1S/C18H19NO3.2Y/c1-4-19(5-2)18(21)22-17-12-13(3)6-11-16(17)14-7-9-15(20)10-8-14;;/h6-8,11-12,20H,4-5H2,1-3H3;;/q-2;;. The van der Waals surface area contributed by atoms with Crippen LogP contribution in [-0.4, -0.2) is 29.2 Å². The van der Waals surface area contributed by atoms with Crippen molar-refractivity contribution in [3.63, 3.8) is 0 Å². The van der Waals surface area contributed by atoms with E-state index in [0.29, 0.717) is 18.8 Å². The molecular weight excluding hydrogens is 456 g/mol. The molecule has 1 amide bonds. The van der Waals surface area contributed by atoms with Gasteiger partial charge in [-0.05, 0) is 32.4 Å². The molecule has 0 spiro atoms. The number of benzene rings is 2. The number of rotatable bonds is 4. The molecule has 0 aliphatic carbocycles. The van der Waals surface area contributed by atoms with Crippen LogP contribution in [0.3, 0.4) is 0 Å². The smallest absolute Gasteiger partial charge is 0.415 e. The molecule has 6 heteroatoms. The minimum atomic E-state index is -0.372. The van der Waals surface area contributed by atoms with Gasteiger partial charge in [0, 0.05) is 78.5 Å². The van der Waals surface area contributed by atoms with Crippen molar-refractivity contribution in [3.05, 3.63) is 48.0 Å². The maximum Gasteiger partial charge on any atom is 0.415 e. The molecule has 4 nitrogen and oxygen atoms in total. The first-order valence-corrected chi connectivity index (χ1v) is 7.25. The van der Waals surface area contributed by atoms with E-state index in [-0.39, 0.29) is 77.3 Å². The van der Waals surface area contributed by atoms with Gasteiger partial charge in [-0.3, -0.25) is 12.1 Å². The van der Waals surface area contributed by atoms with Crippen LogP contribution in [0.2, 0.25) is 0 Å². The van der Waals surface area contributed by atoms with Crippen LogP contribution >= 0.6 is 0 Å². The Bertz CT molecular complexity index is 656. The summed E-state index contributed by atoms with van der Waals surface area (Å²) in [5, 5.41) is 9.30. The Labute approximate surface area is 193 Å². The number of carbonyl (C=O) groups excluding carboxylic acids is 1. The first-order chi connectivity index (χ1) is 10.5. The Balaban J connectivity index is 0.00000264. The van der Waals surface area contributed by atoms with E-state index in [2.05, 4.69) is 12.1 Å². The van der Waals surface area contributed by atoms with Crippen molar-refractivity contribution >= 4 is 6.09 Å². The molecule has 0 bridgehead atoms. The third kappa shape index (κ3) is 6.22. The summed E-state index contributed by atoms with van der Waals surface area (Å²) in [6.45, 7) is 6.94. The molecule has 1 N–H and O–H groups in total. The van der Waals surface area contributed by atoms with Gasteiger partial charge in [-0.25, -0.2) is 10.4 Å². The predicted octanol–water partition coefficient (Wildman–Crippen LogP) is 3.80. The summed E-state index contributed by atoms with van der Waals surface area (Å²) < 4.78 is 5.55. The van der Waals surface area contributed by atoms with Crippen LogP contribution in [-0.2, 0) is 65.4 Å². The predicted molar refractivity (Wildman–Crippen MR) is 84.9 cm³/mol. The van der Waals surface area contributed by atoms with Crippen molar-refractivity contribution in [2.45, 2.75) is 20.8 Å². The van der Waals surface area contributed by atoms with Gasteiger partial charge in [-0.15, -0.1) is 5.75 Å². The van der Waals surface area contributed by atoms with Gasteiger partial charge < -0.3 is 26.9 Å². The van der Waals surface area contributed by atoms with E-state index >= 15 is 0 Å². The first-order valence-electron chi connectivity index (χ1n) is 7.25. The SMILES string of the molecule is CCN(CC)C(=O)Oc1cc(C)ccc1-c1c[c-]c(O)[c-]c1.[Y].[Y]. The maximum atomic E-state index is 12.2. The number of aryl methyl sites for hydroxylation is 1. The fourth-order valence-corrected chi connectivity index (χ4v) is 2.12. The number of nitrogens with zero attached hydrogens (tertiary/aromatic N) is 1. The minimum Gasteiger partial charge on any atom is -0.559 e. The van der Waals surface area contributed by atoms with Crippen LogP contribution in [0.15, 0.2) is 30.3 Å². The fraction of sp³-hybridized carbons (Fsp3) is 0.278. The van der Waals surface area contributed by atoms with Gasteiger partial charge >= 0.3 is 6.09 Å². The molecule has 0 saturated carbocycles. The van der Waals surface area contributed by atoms with E-state index in [1.54, 1.807) is 17.0 Å². The van der Waals surface area contributed by atoms with E-state index in [0.717, 1.165) is 16.7 Å². The monoisotopic (exact) mass is 475 g/mol. The topological polar surface area (TPSA) is 49.8 Å². The van der Waals surface area contributed by atoms with E-state index in [9.17, 15) is 9.90 Å². The zero-order valence-corrected chi connectivity index (χ0v) is 19.8. The molecule has 0 fully saturated rings. The summed E-state index contributed by atoms with van der Waals surface area (Å²) in [6.07, 6.45) is -0.372. The van der Waals surface area contributed by atoms with Gasteiger partial charge in [0.1, 0.15) is 5.75 Å². The Hall–Kier alpha value is -0.282. The molecule has 0 aromatic heterocycles. The molecular formula is C18H19NO3Y2-2. The molecule has 24 heavy (non-hydrogen) atoms. The third-order valence-electron chi connectivity index (χ3n) is 3.40. The Kier molecular flexibility index (Phi) is 11.2. The third-order valence-corrected chi connectivity index (χ3v) is 3.40. The number of phenolic OH excluding ortho intramolecular Hbond substituents is 1. The zero-order valence-electron chi connectivity index (χ0n) is 14.2. The molecule has 0 heterocycles. The number of aromatic hydroxyl groups is 1. The van der Waals surface area contributed by atoms with Crippen LogP contribution in [0.4, 0.5) is 4.79 Å². The van der Waals surface area contributed by atoms with Crippen molar-refractivity contribution < 1.29 is 80.1 Å². The van der Waals surface area contributed by atoms with E-state index in [1.165, 1.54) is 0 Å². The van der Waals surface area contributed by atoms with Crippen LogP contribution in [0.5, 0.6) is 11.5 Å². The minimum absolute atomic E-state index is 0. The van der Waals surface area contributed by atoms with Crippen molar-refractivity contribution in [2.24, 2.45) is 0 Å². The van der Waals surface area contributed by atoms with Gasteiger partial charge in [0.2, 0.25) is 0 Å². The molecule has 2 rings (SSSR count). The molecule has 0 unspecified atom stereocenters. The van der Waals surface area contributed by atoms with Crippen molar-refractivity contribution in [1.29, 1.82) is 0 Å². The first kappa shape index (κ1) is 23.7. The maximum absolute atomic E-state index is 12.2. The number of hydrogen-bond acceptors (Lipinski definition) is 3. The molecule has 0 aliphatic rings. The Morgan fingerprint density at radius 1 is 1.17 bits per heavy atom. The average molecular weight is 475 g/mol. The van der Waals surface area contributed by atoms with Crippen molar-refractivity contribution in [3.8, 4) is 22.6 Å². The number of carbonyl (C=O) groups is 1. The van der Waals surface area contributed by atoms with Gasteiger partial charge in [0.15, 0.2) is 0 Å². The van der Waals surface area contributed by atoms with Gasteiger partial charge in [-0.2, -0.15) is 0 Å². The largest absolute Gasteiger partial charge is 0.559 e. The molecule has 0 saturated heterocycles. The van der Waals surface area contributed by atoms with Crippen LogP contribution in [0.1, 0.15) is 19.4 Å². The quantitative estimate of drug-likeness (QED) is 0.685. The second-order valence-electron chi connectivity index (χ2n) is 4.92. The summed E-state index contributed by atoms with van der Waals surface area (Å²) in [5.74, 6) is 0.446. The number of ether oxygens (including phenoxy) is 1. The van der Waals surface area contributed by atoms with Crippen LogP contribution in [0.25, 0.3) is 11.1 Å². The summed E-state index contributed by atoms with van der Waals surface area (Å²) in [6, 6.07) is 14.3. The summed E-state index contributed by atoms with van der Waals surface area (Å²) >= 11 is 0. The number of hydrogen-bond donors (Lipinski definition) is 1. The molecule has 2 radical (unpaired) electrons. The van der Waals surface area contributed by atoms with Crippen molar-refractivity contribution in [1.82, 2.24) is 4.90 Å². The fourth-order valence-electron chi connectivity index (χ4n) is 2.12. The zero-order chi connectivity index (χ0) is 16.1. The molecule has 2 aromatic rings. The van der Waals surface area contributed by atoms with Crippen LogP contribution in [0, 0.1) is 19.1 Å². The van der Waals surface area contributed by atoms with E-state index < -0.39 is 0 Å². The summed E-state index contributed by atoms with van der Waals surface area (Å²) in [7, 11) is 0. The van der Waals surface area contributed by atoms with Gasteiger partial charge in [0.05, 0.1) is 0 Å².